The lowest BCUT2D eigenvalue weighted by molar-refractivity contribution is -0.392. The van der Waals surface area contributed by atoms with Crippen LogP contribution in [0, 0.1) is 26.9 Å². The molecule has 2 bridgehead atoms. The van der Waals surface area contributed by atoms with Crippen LogP contribution in [0.15, 0.2) is 6.07 Å². The van der Waals surface area contributed by atoms with E-state index in [1.54, 1.807) is 0 Å². The lowest BCUT2D eigenvalue weighted by Crippen LogP contribution is -2.52. The van der Waals surface area contributed by atoms with Gasteiger partial charge in [0.25, 0.3) is 5.91 Å². The van der Waals surface area contributed by atoms with E-state index in [9.17, 15) is 14.9 Å². The second-order valence-corrected chi connectivity index (χ2v) is 9.64. The maximum absolute atomic E-state index is 13.0. The Balaban J connectivity index is 1.48. The lowest BCUT2D eigenvalue weighted by Gasteiger charge is -2.42. The molecule has 2 heterocycles. The van der Waals surface area contributed by atoms with Crippen molar-refractivity contribution in [3.63, 3.8) is 0 Å². The summed E-state index contributed by atoms with van der Waals surface area (Å²) in [5.41, 5.74) is 0.239. The fourth-order valence-electron chi connectivity index (χ4n) is 5.76. The van der Waals surface area contributed by atoms with E-state index in [1.807, 2.05) is 0 Å². The molecule has 9 heteroatoms. The number of aromatic nitrogens is 2. The molecule has 1 amide bonds. The maximum atomic E-state index is 13.0. The highest BCUT2D eigenvalue weighted by Gasteiger charge is 2.59. The van der Waals surface area contributed by atoms with Gasteiger partial charge in [-0.15, -0.1) is 4.68 Å². The van der Waals surface area contributed by atoms with Gasteiger partial charge in [-0.3, -0.25) is 9.69 Å². The summed E-state index contributed by atoms with van der Waals surface area (Å²) in [5, 5.41) is 19.0. The van der Waals surface area contributed by atoms with E-state index in [1.165, 1.54) is 17.2 Å². The van der Waals surface area contributed by atoms with E-state index < -0.39 is 4.92 Å². The summed E-state index contributed by atoms with van der Waals surface area (Å²) in [5.74, 6) is 0.158. The fourth-order valence-corrected chi connectivity index (χ4v) is 5.76. The molecule has 4 rings (SSSR count). The minimum Gasteiger partial charge on any atom is -0.379 e. The number of ether oxygens (including phenoxy) is 1. The molecule has 1 aromatic heterocycles. The van der Waals surface area contributed by atoms with Gasteiger partial charge in [-0.1, -0.05) is 25.9 Å². The predicted octanol–water partition coefficient (Wildman–Crippen LogP) is 2.07. The minimum atomic E-state index is -0.466. The van der Waals surface area contributed by atoms with E-state index in [0.29, 0.717) is 32.2 Å². The summed E-state index contributed by atoms with van der Waals surface area (Å²) in [6.45, 7) is 10.7. The van der Waals surface area contributed by atoms with Gasteiger partial charge in [0.15, 0.2) is 5.69 Å². The molecule has 1 aromatic rings. The summed E-state index contributed by atoms with van der Waals surface area (Å²) in [6.07, 6.45) is 3.44. The van der Waals surface area contributed by atoms with Gasteiger partial charge in [0, 0.05) is 25.7 Å². The number of hydrogen-bond donors (Lipinski definition) is 1. The van der Waals surface area contributed by atoms with E-state index in [2.05, 4.69) is 36.1 Å². The topological polar surface area (TPSA) is 103 Å². The second kappa shape index (κ2) is 7.36. The fraction of sp³-hybridized carbons (Fsp3) is 0.800. The maximum Gasteiger partial charge on any atom is 0.345 e. The molecule has 3 aliphatic rings. The van der Waals surface area contributed by atoms with Gasteiger partial charge in [0.05, 0.1) is 19.3 Å². The Morgan fingerprint density at radius 1 is 1.34 bits per heavy atom. The molecule has 29 heavy (non-hydrogen) atoms. The van der Waals surface area contributed by atoms with Crippen molar-refractivity contribution in [3.8, 4) is 0 Å². The molecule has 0 radical (unpaired) electrons. The van der Waals surface area contributed by atoms with Crippen molar-refractivity contribution in [2.45, 2.75) is 52.6 Å². The van der Waals surface area contributed by atoms with Crippen LogP contribution in [0.1, 0.15) is 50.5 Å². The van der Waals surface area contributed by atoms with Gasteiger partial charge in [0.1, 0.15) is 6.54 Å². The molecule has 3 atom stereocenters. The first-order chi connectivity index (χ1) is 13.7. The minimum absolute atomic E-state index is 0.0213. The van der Waals surface area contributed by atoms with E-state index in [0.717, 1.165) is 25.9 Å². The molecule has 0 aromatic carbocycles. The van der Waals surface area contributed by atoms with Gasteiger partial charge < -0.3 is 20.2 Å². The smallest absolute Gasteiger partial charge is 0.345 e. The normalized spacial score (nSPS) is 31.1. The molecular formula is C20H31N5O4. The quantitative estimate of drug-likeness (QED) is 0.574. The number of rotatable bonds is 6. The van der Waals surface area contributed by atoms with Crippen molar-refractivity contribution in [3.05, 3.63) is 21.9 Å². The van der Waals surface area contributed by atoms with Crippen LogP contribution in [0.4, 0.5) is 5.82 Å². The van der Waals surface area contributed by atoms with Crippen molar-refractivity contribution >= 4 is 11.7 Å². The summed E-state index contributed by atoms with van der Waals surface area (Å²) in [4.78, 5) is 26.2. The monoisotopic (exact) mass is 405 g/mol. The number of carbonyl (C=O) groups is 1. The molecule has 2 unspecified atom stereocenters. The van der Waals surface area contributed by atoms with Crippen LogP contribution in [0.25, 0.3) is 0 Å². The first-order valence-electron chi connectivity index (χ1n) is 10.5. The zero-order valence-electron chi connectivity index (χ0n) is 17.5. The van der Waals surface area contributed by atoms with Crippen LogP contribution in [0.5, 0.6) is 0 Å². The third-order valence-corrected chi connectivity index (χ3v) is 7.46. The Hall–Kier alpha value is -2.00. The molecule has 1 N–H and O–H groups in total. The van der Waals surface area contributed by atoms with Gasteiger partial charge >= 0.3 is 5.82 Å². The average Bonchev–Trinajstić information content (AvgIpc) is 3.33. The zero-order valence-corrected chi connectivity index (χ0v) is 17.5. The van der Waals surface area contributed by atoms with Crippen LogP contribution >= 0.6 is 0 Å². The molecule has 1 saturated heterocycles. The highest BCUT2D eigenvalue weighted by atomic mass is 16.6. The predicted molar refractivity (Wildman–Crippen MR) is 107 cm³/mol. The summed E-state index contributed by atoms with van der Waals surface area (Å²) < 4.78 is 6.68. The zero-order chi connectivity index (χ0) is 20.8. The Labute approximate surface area is 170 Å². The lowest BCUT2D eigenvalue weighted by atomic mass is 9.68. The third kappa shape index (κ3) is 3.66. The number of hydrogen-bond acceptors (Lipinski definition) is 6. The molecular weight excluding hydrogens is 374 g/mol. The van der Waals surface area contributed by atoms with Gasteiger partial charge in [-0.05, 0) is 40.9 Å². The second-order valence-electron chi connectivity index (χ2n) is 9.64. The van der Waals surface area contributed by atoms with Crippen LogP contribution in [-0.4, -0.2) is 64.4 Å². The van der Waals surface area contributed by atoms with Gasteiger partial charge in [-0.25, -0.2) is 0 Å². The molecule has 160 valence electrons. The van der Waals surface area contributed by atoms with Gasteiger partial charge in [-0.2, -0.15) is 0 Å². The number of nitrogens with one attached hydrogen (secondary N) is 1. The molecule has 9 nitrogen and oxygen atoms in total. The summed E-state index contributed by atoms with van der Waals surface area (Å²) >= 11 is 0. The van der Waals surface area contributed by atoms with Crippen LogP contribution in [0.3, 0.4) is 0 Å². The number of nitro groups is 1. The standard InChI is InChI=1S/C20H31N5O4/c1-19(2)14-4-5-20(3,13-14)18(19)21-17(26)15-12-16(25(27)28)24(22-15)7-6-23-8-10-29-11-9-23/h12,14,18H,4-11,13H2,1-3H3,(H,21,26)/t14?,18-,20?/m1/s1. The largest absolute Gasteiger partial charge is 0.379 e. The summed E-state index contributed by atoms with van der Waals surface area (Å²) in [7, 11) is 0. The number of carbonyl (C=O) groups excluding carboxylic acids is 1. The summed E-state index contributed by atoms with van der Waals surface area (Å²) in [6, 6.07) is 1.36. The van der Waals surface area contributed by atoms with Crippen molar-refractivity contribution in [2.75, 3.05) is 32.8 Å². The highest BCUT2D eigenvalue weighted by Crippen LogP contribution is 2.62. The molecule has 1 aliphatic heterocycles. The Morgan fingerprint density at radius 3 is 2.69 bits per heavy atom. The number of amides is 1. The Kier molecular flexibility index (Phi) is 5.14. The highest BCUT2D eigenvalue weighted by molar-refractivity contribution is 5.93. The van der Waals surface area contributed by atoms with E-state index in [-0.39, 0.29) is 34.3 Å². The van der Waals surface area contributed by atoms with Gasteiger partial charge in [0.2, 0.25) is 0 Å². The van der Waals surface area contributed by atoms with Crippen molar-refractivity contribution in [1.82, 2.24) is 20.0 Å². The van der Waals surface area contributed by atoms with E-state index >= 15 is 0 Å². The average molecular weight is 405 g/mol. The first kappa shape index (κ1) is 20.3. The number of morpholine rings is 1. The number of fused-ring (bicyclic) bond motifs is 2. The molecule has 2 saturated carbocycles. The van der Waals surface area contributed by atoms with E-state index in [4.69, 9.17) is 4.74 Å². The Morgan fingerprint density at radius 2 is 2.07 bits per heavy atom. The third-order valence-electron chi connectivity index (χ3n) is 7.46. The molecule has 2 aliphatic carbocycles. The van der Waals surface area contributed by atoms with Crippen molar-refractivity contribution in [2.24, 2.45) is 16.7 Å². The first-order valence-corrected chi connectivity index (χ1v) is 10.5. The number of nitrogens with zero attached hydrogens (tertiary/aromatic N) is 4. The van der Waals surface area contributed by atoms with Crippen molar-refractivity contribution in [1.29, 1.82) is 0 Å². The van der Waals surface area contributed by atoms with Crippen molar-refractivity contribution < 1.29 is 14.5 Å². The molecule has 3 fully saturated rings. The Bertz CT molecular complexity index is 796. The SMILES string of the molecule is CC12CCC(C1)C(C)(C)[C@H]2NC(=O)c1cc([N+](=O)[O-])n(CCN2CCOCC2)n1. The molecule has 0 spiro atoms. The van der Waals surface area contributed by atoms with Crippen LogP contribution in [0.2, 0.25) is 0 Å². The van der Waals surface area contributed by atoms with Crippen LogP contribution < -0.4 is 5.32 Å². The van der Waals surface area contributed by atoms with Crippen LogP contribution in [-0.2, 0) is 11.3 Å².